The van der Waals surface area contributed by atoms with Crippen LogP contribution in [0.1, 0.15) is 24.0 Å². The minimum Gasteiger partial charge on any atom is -0.468 e. The van der Waals surface area contributed by atoms with E-state index in [1.165, 1.54) is 19.2 Å². The molecule has 0 spiro atoms. The Balaban J connectivity index is 2.28. The van der Waals surface area contributed by atoms with Crippen molar-refractivity contribution in [3.63, 3.8) is 0 Å². The van der Waals surface area contributed by atoms with E-state index in [4.69, 9.17) is 27.9 Å². The summed E-state index contributed by atoms with van der Waals surface area (Å²) in [6, 6.07) is 12.9. The van der Waals surface area contributed by atoms with Gasteiger partial charge in [0.2, 0.25) is 0 Å². The highest BCUT2D eigenvalue weighted by molar-refractivity contribution is 6.31. The molecule has 2 aromatic carbocycles. The zero-order valence-corrected chi connectivity index (χ0v) is 16.6. The molecule has 0 fully saturated rings. The molecule has 7 heteroatoms. The summed E-state index contributed by atoms with van der Waals surface area (Å²) in [6.07, 6.45) is 0. The Morgan fingerprint density at radius 3 is 2.46 bits per heavy atom. The van der Waals surface area contributed by atoms with E-state index in [-0.39, 0.29) is 10.6 Å². The van der Waals surface area contributed by atoms with Gasteiger partial charge in [-0.15, -0.1) is 0 Å². The smallest absolute Gasteiger partial charge is 0.315 e. The van der Waals surface area contributed by atoms with Crippen LogP contribution in [0.25, 0.3) is 5.70 Å². The number of rotatable bonds is 3. The van der Waals surface area contributed by atoms with Crippen molar-refractivity contribution < 1.29 is 13.9 Å². The highest BCUT2D eigenvalue weighted by Crippen LogP contribution is 2.44. The second-order valence-electron chi connectivity index (χ2n) is 6.28. The van der Waals surface area contributed by atoms with Gasteiger partial charge in [-0.05, 0) is 36.8 Å². The average Bonchev–Trinajstić information content (AvgIpc) is 2.67. The molecule has 2 aromatic rings. The number of carbonyl (C=O) groups is 1. The summed E-state index contributed by atoms with van der Waals surface area (Å²) < 4.78 is 18.5. The average molecular weight is 417 g/mol. The highest BCUT2D eigenvalue weighted by Gasteiger charge is 2.41. The number of halogens is 3. The van der Waals surface area contributed by atoms with Gasteiger partial charge in [0.25, 0.3) is 0 Å². The molecule has 4 nitrogen and oxygen atoms in total. The van der Waals surface area contributed by atoms with Crippen LogP contribution in [0.2, 0.25) is 10.0 Å². The number of hydrogen-bond acceptors (Lipinski definition) is 4. The number of allylic oxidation sites excluding steroid dienone is 1. The van der Waals surface area contributed by atoms with Crippen molar-refractivity contribution in [1.29, 1.82) is 5.26 Å². The molecule has 142 valence electrons. The first-order valence-electron chi connectivity index (χ1n) is 8.35. The van der Waals surface area contributed by atoms with Crippen LogP contribution >= 0.6 is 23.2 Å². The lowest BCUT2D eigenvalue weighted by Crippen LogP contribution is -2.33. The minimum absolute atomic E-state index is 0.122. The van der Waals surface area contributed by atoms with Crippen LogP contribution in [-0.2, 0) is 9.53 Å². The highest BCUT2D eigenvalue weighted by atomic mass is 35.5. The Bertz CT molecular complexity index is 1040. The molecule has 0 saturated heterocycles. The minimum atomic E-state index is -0.848. The predicted octanol–water partition coefficient (Wildman–Crippen LogP) is 5.41. The van der Waals surface area contributed by atoms with Crippen LogP contribution in [0, 0.1) is 23.1 Å². The van der Waals surface area contributed by atoms with Crippen molar-refractivity contribution in [1.82, 2.24) is 0 Å². The molecule has 0 amide bonds. The predicted molar refractivity (Wildman–Crippen MR) is 107 cm³/mol. The van der Waals surface area contributed by atoms with Crippen LogP contribution in [0.4, 0.5) is 4.39 Å². The summed E-state index contributed by atoms with van der Waals surface area (Å²) in [6.45, 7) is 1.69. The number of ether oxygens (including phenoxy) is 1. The SMILES string of the molecule is COC(=O)C1C(C)=NC(c2ccc(Cl)cc2)=C(C#N)C1c1ccc(F)cc1Cl. The number of nitriles is 1. The maximum absolute atomic E-state index is 13.6. The number of carbonyl (C=O) groups excluding carboxylic acids is 1. The molecular formula is C21H15Cl2FN2O2. The fraction of sp³-hybridized carbons (Fsp3) is 0.190. The van der Waals surface area contributed by atoms with Gasteiger partial charge in [-0.25, -0.2) is 4.39 Å². The van der Waals surface area contributed by atoms with Crippen molar-refractivity contribution in [3.8, 4) is 6.07 Å². The molecule has 0 aromatic heterocycles. The number of methoxy groups -OCH3 is 1. The lowest BCUT2D eigenvalue weighted by Gasteiger charge is -2.30. The molecular weight excluding hydrogens is 402 g/mol. The number of esters is 1. The molecule has 0 N–H and O–H groups in total. The first kappa shape index (κ1) is 20.1. The second kappa shape index (κ2) is 8.14. The van der Waals surface area contributed by atoms with Crippen LogP contribution in [-0.4, -0.2) is 18.8 Å². The van der Waals surface area contributed by atoms with Crippen LogP contribution in [0.15, 0.2) is 53.0 Å². The van der Waals surface area contributed by atoms with E-state index < -0.39 is 23.6 Å². The number of benzene rings is 2. The normalized spacial score (nSPS) is 19.1. The second-order valence-corrected chi connectivity index (χ2v) is 7.12. The molecule has 1 heterocycles. The Morgan fingerprint density at radius 2 is 1.89 bits per heavy atom. The Labute approximate surface area is 171 Å². The Hall–Kier alpha value is -2.68. The zero-order valence-electron chi connectivity index (χ0n) is 15.0. The molecule has 0 bridgehead atoms. The summed E-state index contributed by atoms with van der Waals surface area (Å²) in [5.41, 5.74) is 2.27. The quantitative estimate of drug-likeness (QED) is 0.627. The lowest BCUT2D eigenvalue weighted by molar-refractivity contribution is -0.143. The molecule has 2 atom stereocenters. The zero-order chi connectivity index (χ0) is 20.4. The molecule has 2 unspecified atom stereocenters. The van der Waals surface area contributed by atoms with Gasteiger partial charge in [-0.2, -0.15) is 5.26 Å². The topological polar surface area (TPSA) is 62.4 Å². The number of nitrogens with zero attached hydrogens (tertiary/aromatic N) is 2. The summed E-state index contributed by atoms with van der Waals surface area (Å²) in [4.78, 5) is 17.0. The molecule has 3 rings (SSSR count). The van der Waals surface area contributed by atoms with E-state index in [2.05, 4.69) is 11.1 Å². The summed E-state index contributed by atoms with van der Waals surface area (Å²) >= 11 is 12.2. The van der Waals surface area contributed by atoms with E-state index in [9.17, 15) is 14.4 Å². The van der Waals surface area contributed by atoms with Crippen molar-refractivity contribution in [2.45, 2.75) is 12.8 Å². The van der Waals surface area contributed by atoms with Crippen LogP contribution < -0.4 is 0 Å². The first-order valence-corrected chi connectivity index (χ1v) is 9.11. The van der Waals surface area contributed by atoms with Gasteiger partial charge >= 0.3 is 5.97 Å². The third-order valence-corrected chi connectivity index (χ3v) is 5.21. The van der Waals surface area contributed by atoms with Crippen molar-refractivity contribution in [3.05, 3.63) is 75.0 Å². The molecule has 1 aliphatic rings. The number of hydrogen-bond donors (Lipinski definition) is 0. The Kier molecular flexibility index (Phi) is 5.83. The third-order valence-electron chi connectivity index (χ3n) is 4.63. The molecule has 0 radical (unpaired) electrons. The van der Waals surface area contributed by atoms with E-state index in [0.29, 0.717) is 27.6 Å². The fourth-order valence-electron chi connectivity index (χ4n) is 3.33. The van der Waals surface area contributed by atoms with Gasteiger partial charge in [0.05, 0.1) is 24.4 Å². The van der Waals surface area contributed by atoms with Crippen molar-refractivity contribution in [2.75, 3.05) is 7.11 Å². The van der Waals surface area contributed by atoms with Crippen molar-refractivity contribution >= 4 is 40.6 Å². The summed E-state index contributed by atoms with van der Waals surface area (Å²) in [5, 5.41) is 10.6. The molecule has 1 aliphatic heterocycles. The lowest BCUT2D eigenvalue weighted by atomic mass is 9.75. The van der Waals surface area contributed by atoms with Crippen LogP contribution in [0.5, 0.6) is 0 Å². The summed E-state index contributed by atoms with van der Waals surface area (Å²) in [5.74, 6) is -2.66. The van der Waals surface area contributed by atoms with E-state index >= 15 is 0 Å². The van der Waals surface area contributed by atoms with Gasteiger partial charge < -0.3 is 4.74 Å². The largest absolute Gasteiger partial charge is 0.468 e. The third kappa shape index (κ3) is 3.66. The standard InChI is InChI=1S/C21H15Cl2FN2O2/c1-11-18(21(27)28-2)19(15-8-7-14(24)9-17(15)23)16(10-25)20(26-11)12-3-5-13(22)6-4-12/h3-9,18-19H,1-2H3. The van der Waals surface area contributed by atoms with Gasteiger partial charge in [0.15, 0.2) is 0 Å². The maximum atomic E-state index is 13.6. The van der Waals surface area contributed by atoms with Crippen LogP contribution in [0.3, 0.4) is 0 Å². The first-order chi connectivity index (χ1) is 13.4. The molecule has 0 saturated carbocycles. The van der Waals surface area contributed by atoms with Gasteiger partial charge in [-0.3, -0.25) is 9.79 Å². The monoisotopic (exact) mass is 416 g/mol. The van der Waals surface area contributed by atoms with Crippen molar-refractivity contribution in [2.24, 2.45) is 10.9 Å². The van der Waals surface area contributed by atoms with Gasteiger partial charge in [0.1, 0.15) is 11.7 Å². The van der Waals surface area contributed by atoms with Gasteiger partial charge in [-0.1, -0.05) is 41.4 Å². The van der Waals surface area contributed by atoms with E-state index in [0.717, 1.165) is 6.07 Å². The number of aliphatic imine (C=N–C) groups is 1. The molecule has 0 aliphatic carbocycles. The fourth-order valence-corrected chi connectivity index (χ4v) is 3.74. The maximum Gasteiger partial charge on any atom is 0.315 e. The van der Waals surface area contributed by atoms with Gasteiger partial charge in [0, 0.05) is 27.2 Å². The summed E-state index contributed by atoms with van der Waals surface area (Å²) in [7, 11) is 1.27. The van der Waals surface area contributed by atoms with E-state index in [1.54, 1.807) is 31.2 Å². The molecule has 28 heavy (non-hydrogen) atoms. The van der Waals surface area contributed by atoms with E-state index in [1.807, 2.05) is 0 Å². The Morgan fingerprint density at radius 1 is 1.21 bits per heavy atom.